The first-order valence-corrected chi connectivity index (χ1v) is 7.33. The second kappa shape index (κ2) is 3.66. The van der Waals surface area contributed by atoms with E-state index in [9.17, 15) is 13.2 Å². The average molecular weight is 256 g/mol. The molecule has 94 valence electrons. The maximum absolute atomic E-state index is 11.6. The van der Waals surface area contributed by atoms with Gasteiger partial charge in [-0.1, -0.05) is 0 Å². The van der Waals surface area contributed by atoms with E-state index in [4.69, 9.17) is 0 Å². The Morgan fingerprint density at radius 1 is 1.41 bits per heavy atom. The number of carbonyl (C=O) groups excluding carboxylic acids is 1. The van der Waals surface area contributed by atoms with Crippen LogP contribution < -0.4 is 0 Å². The number of sulfone groups is 1. The molecule has 5 nitrogen and oxygen atoms in total. The quantitative estimate of drug-likeness (QED) is 0.735. The van der Waals surface area contributed by atoms with Crippen LogP contribution in [-0.4, -0.2) is 36.0 Å². The zero-order valence-electron chi connectivity index (χ0n) is 10.2. The molecule has 2 heterocycles. The number of carbonyl (C=O) groups is 1. The van der Waals surface area contributed by atoms with Crippen molar-refractivity contribution in [1.82, 2.24) is 9.78 Å². The molecule has 1 aromatic rings. The summed E-state index contributed by atoms with van der Waals surface area (Å²) in [5, 5.41) is 4.32. The normalized spacial score (nSPS) is 27.2. The van der Waals surface area contributed by atoms with E-state index in [1.54, 1.807) is 18.5 Å². The van der Waals surface area contributed by atoms with Crippen molar-refractivity contribution in [2.75, 3.05) is 11.5 Å². The first kappa shape index (κ1) is 12.3. The van der Waals surface area contributed by atoms with Crippen LogP contribution in [0, 0.1) is 13.8 Å². The van der Waals surface area contributed by atoms with Crippen molar-refractivity contribution in [3.05, 3.63) is 17.0 Å². The van der Waals surface area contributed by atoms with Gasteiger partial charge >= 0.3 is 0 Å². The molecule has 2 rings (SSSR count). The van der Waals surface area contributed by atoms with Crippen molar-refractivity contribution in [2.45, 2.75) is 32.7 Å². The molecular weight excluding hydrogens is 240 g/mol. The maximum atomic E-state index is 11.6. The first-order valence-electron chi connectivity index (χ1n) is 5.51. The number of aryl methyl sites for hydroxylation is 1. The van der Waals surface area contributed by atoms with Crippen LogP contribution in [0.3, 0.4) is 0 Å². The summed E-state index contributed by atoms with van der Waals surface area (Å²) in [6.45, 7) is 5.45. The number of rotatable bonds is 2. The fraction of sp³-hybridized carbons (Fsp3) is 0.636. The fourth-order valence-corrected chi connectivity index (χ4v) is 4.62. The number of hydrogen-bond acceptors (Lipinski definition) is 4. The fourth-order valence-electron chi connectivity index (χ4n) is 2.51. The zero-order valence-corrected chi connectivity index (χ0v) is 11.0. The molecule has 1 aliphatic rings. The highest BCUT2D eigenvalue weighted by atomic mass is 32.2. The number of aromatic nitrogens is 2. The number of hydrogen-bond donors (Lipinski definition) is 0. The molecule has 0 aliphatic carbocycles. The van der Waals surface area contributed by atoms with Gasteiger partial charge in [-0.2, -0.15) is 5.10 Å². The highest BCUT2D eigenvalue weighted by molar-refractivity contribution is 7.91. The summed E-state index contributed by atoms with van der Waals surface area (Å²) < 4.78 is 24.9. The molecule has 1 aromatic heterocycles. The summed E-state index contributed by atoms with van der Waals surface area (Å²) in [6, 6.07) is 0. The lowest BCUT2D eigenvalue weighted by Crippen LogP contribution is -2.33. The number of aldehydes is 1. The minimum absolute atomic E-state index is 0.0975. The van der Waals surface area contributed by atoms with Gasteiger partial charge in [-0.05, 0) is 27.2 Å². The van der Waals surface area contributed by atoms with Crippen LogP contribution in [0.15, 0.2) is 0 Å². The minimum Gasteiger partial charge on any atom is -0.298 e. The Morgan fingerprint density at radius 3 is 2.47 bits per heavy atom. The molecule has 1 saturated heterocycles. The highest BCUT2D eigenvalue weighted by Gasteiger charge is 2.41. The summed E-state index contributed by atoms with van der Waals surface area (Å²) >= 11 is 0. The summed E-state index contributed by atoms with van der Waals surface area (Å²) in [7, 11) is -2.98. The Balaban J connectivity index is 2.52. The maximum Gasteiger partial charge on any atom is 0.153 e. The molecule has 1 aliphatic heterocycles. The summed E-state index contributed by atoms with van der Waals surface area (Å²) in [6.07, 6.45) is 1.33. The Kier molecular flexibility index (Phi) is 2.65. The molecule has 1 fully saturated rings. The molecule has 0 spiro atoms. The van der Waals surface area contributed by atoms with Crippen molar-refractivity contribution >= 4 is 16.1 Å². The van der Waals surface area contributed by atoms with Gasteiger partial charge < -0.3 is 0 Å². The lowest BCUT2D eigenvalue weighted by Gasteiger charge is -2.24. The molecule has 0 bridgehead atoms. The Hall–Kier alpha value is -1.17. The van der Waals surface area contributed by atoms with Crippen LogP contribution >= 0.6 is 0 Å². The van der Waals surface area contributed by atoms with Crippen LogP contribution in [0.5, 0.6) is 0 Å². The number of nitrogens with zero attached hydrogens (tertiary/aromatic N) is 2. The molecule has 0 N–H and O–H groups in total. The molecule has 17 heavy (non-hydrogen) atoms. The molecule has 0 aromatic carbocycles. The Morgan fingerprint density at radius 2 is 2.06 bits per heavy atom. The zero-order chi connectivity index (χ0) is 12.8. The van der Waals surface area contributed by atoms with Crippen molar-refractivity contribution in [2.24, 2.45) is 0 Å². The van der Waals surface area contributed by atoms with Crippen LogP contribution in [0.25, 0.3) is 0 Å². The smallest absolute Gasteiger partial charge is 0.153 e. The monoisotopic (exact) mass is 256 g/mol. The van der Waals surface area contributed by atoms with E-state index >= 15 is 0 Å². The van der Waals surface area contributed by atoms with Gasteiger partial charge in [0.1, 0.15) is 0 Å². The lowest BCUT2D eigenvalue weighted by atomic mass is 10.0. The average Bonchev–Trinajstić information content (AvgIpc) is 2.66. The molecule has 1 atom stereocenters. The summed E-state index contributed by atoms with van der Waals surface area (Å²) in [5.41, 5.74) is 1.45. The minimum atomic E-state index is -2.98. The molecular formula is C11H16N2O3S. The van der Waals surface area contributed by atoms with Gasteiger partial charge in [0.2, 0.25) is 0 Å². The topological polar surface area (TPSA) is 69.0 Å². The van der Waals surface area contributed by atoms with Gasteiger partial charge in [0.15, 0.2) is 16.1 Å². The second-order valence-electron chi connectivity index (χ2n) is 4.95. The second-order valence-corrected chi connectivity index (χ2v) is 7.14. The van der Waals surface area contributed by atoms with Gasteiger partial charge in [0.25, 0.3) is 0 Å². The van der Waals surface area contributed by atoms with Crippen molar-refractivity contribution in [1.29, 1.82) is 0 Å². The van der Waals surface area contributed by atoms with Crippen molar-refractivity contribution in [3.63, 3.8) is 0 Å². The third kappa shape index (κ3) is 1.90. The van der Waals surface area contributed by atoms with Gasteiger partial charge in [-0.15, -0.1) is 0 Å². The van der Waals surface area contributed by atoms with Crippen LogP contribution in [0.1, 0.15) is 35.1 Å². The molecule has 1 unspecified atom stereocenters. The van der Waals surface area contributed by atoms with E-state index in [1.807, 2.05) is 6.92 Å². The lowest BCUT2D eigenvalue weighted by molar-refractivity contribution is 0.112. The van der Waals surface area contributed by atoms with E-state index < -0.39 is 15.4 Å². The molecule has 0 saturated carbocycles. The Labute approximate surface area is 101 Å². The molecule has 0 radical (unpaired) electrons. The first-order chi connectivity index (χ1) is 7.79. The predicted octanol–water partition coefficient (Wildman–Crippen LogP) is 0.846. The summed E-state index contributed by atoms with van der Waals surface area (Å²) in [4.78, 5) is 10.9. The van der Waals surface area contributed by atoms with Crippen molar-refractivity contribution in [3.8, 4) is 0 Å². The van der Waals surface area contributed by atoms with E-state index in [-0.39, 0.29) is 11.5 Å². The molecule has 6 heteroatoms. The van der Waals surface area contributed by atoms with E-state index in [0.717, 1.165) is 12.0 Å². The van der Waals surface area contributed by atoms with Crippen LogP contribution in [0.2, 0.25) is 0 Å². The van der Waals surface area contributed by atoms with Crippen LogP contribution in [-0.2, 0) is 15.4 Å². The third-order valence-corrected chi connectivity index (χ3v) is 5.35. The summed E-state index contributed by atoms with van der Waals surface area (Å²) in [5.74, 6) is 0.290. The van der Waals surface area contributed by atoms with Gasteiger partial charge in [-0.25, -0.2) is 8.42 Å². The SMILES string of the molecule is Cc1nn(C2(C)CCS(=O)(=O)C2)c(C)c1C=O. The van der Waals surface area contributed by atoms with E-state index in [0.29, 0.717) is 17.7 Å². The third-order valence-electron chi connectivity index (χ3n) is 3.46. The van der Waals surface area contributed by atoms with Crippen LogP contribution in [0.4, 0.5) is 0 Å². The van der Waals surface area contributed by atoms with E-state index in [2.05, 4.69) is 5.10 Å². The largest absolute Gasteiger partial charge is 0.298 e. The predicted molar refractivity (Wildman–Crippen MR) is 64.0 cm³/mol. The Bertz CT molecular complexity index is 574. The standard InChI is InChI=1S/C11H16N2O3S/c1-8-10(6-14)9(2)13(12-8)11(3)4-5-17(15,16)7-11/h6H,4-5,7H2,1-3H3. The van der Waals surface area contributed by atoms with E-state index in [1.165, 1.54) is 0 Å². The van der Waals surface area contributed by atoms with Crippen molar-refractivity contribution < 1.29 is 13.2 Å². The highest BCUT2D eigenvalue weighted by Crippen LogP contribution is 2.32. The van der Waals surface area contributed by atoms with Gasteiger partial charge in [-0.3, -0.25) is 9.48 Å². The van der Waals surface area contributed by atoms with Gasteiger partial charge in [0.05, 0.1) is 28.3 Å². The van der Waals surface area contributed by atoms with Gasteiger partial charge in [0, 0.05) is 5.69 Å². The molecule has 0 amide bonds.